The number of hydrogen-bond acceptors (Lipinski definition) is 3. The van der Waals surface area contributed by atoms with E-state index in [-0.39, 0.29) is 11.6 Å². The Kier molecular flexibility index (Phi) is 7.93. The molecule has 0 aliphatic rings. The van der Waals surface area contributed by atoms with E-state index in [0.717, 1.165) is 11.5 Å². The SMILES string of the molecule is CCCCCSCCC(=O)OC(C)(C)C. The van der Waals surface area contributed by atoms with Crippen LogP contribution in [0.15, 0.2) is 0 Å². The van der Waals surface area contributed by atoms with Crippen LogP contribution in [0.4, 0.5) is 0 Å². The van der Waals surface area contributed by atoms with Crippen LogP contribution < -0.4 is 0 Å². The predicted octanol–water partition coefficient (Wildman–Crippen LogP) is 3.64. The fourth-order valence-corrected chi connectivity index (χ4v) is 2.03. The molecule has 3 heteroatoms. The first kappa shape index (κ1) is 14.8. The van der Waals surface area contributed by atoms with Crippen molar-refractivity contribution in [3.05, 3.63) is 0 Å². The molecule has 0 bridgehead atoms. The van der Waals surface area contributed by atoms with E-state index in [1.54, 1.807) is 0 Å². The molecule has 2 nitrogen and oxygen atoms in total. The van der Waals surface area contributed by atoms with Gasteiger partial charge in [0.25, 0.3) is 0 Å². The molecule has 0 atom stereocenters. The molecule has 0 amide bonds. The first-order valence-electron chi connectivity index (χ1n) is 5.75. The van der Waals surface area contributed by atoms with E-state index in [4.69, 9.17) is 4.74 Å². The van der Waals surface area contributed by atoms with Crippen molar-refractivity contribution in [1.29, 1.82) is 0 Å². The highest BCUT2D eigenvalue weighted by molar-refractivity contribution is 7.99. The summed E-state index contributed by atoms with van der Waals surface area (Å²) in [5.74, 6) is 1.97. The Labute approximate surface area is 98.2 Å². The van der Waals surface area contributed by atoms with Gasteiger partial charge in [0, 0.05) is 5.75 Å². The minimum Gasteiger partial charge on any atom is -0.460 e. The summed E-state index contributed by atoms with van der Waals surface area (Å²) in [6, 6.07) is 0. The third-order valence-corrected chi connectivity index (χ3v) is 2.83. The summed E-state index contributed by atoms with van der Waals surface area (Å²) in [6.45, 7) is 7.91. The first-order valence-corrected chi connectivity index (χ1v) is 6.91. The number of hydrogen-bond donors (Lipinski definition) is 0. The van der Waals surface area contributed by atoms with Crippen LogP contribution in [-0.2, 0) is 9.53 Å². The lowest BCUT2D eigenvalue weighted by Crippen LogP contribution is -2.24. The Bertz CT molecular complexity index is 173. The van der Waals surface area contributed by atoms with Crippen molar-refractivity contribution >= 4 is 17.7 Å². The van der Waals surface area contributed by atoms with Gasteiger partial charge < -0.3 is 4.74 Å². The van der Waals surface area contributed by atoms with Crippen molar-refractivity contribution in [2.75, 3.05) is 11.5 Å². The summed E-state index contributed by atoms with van der Waals surface area (Å²) in [5, 5.41) is 0. The molecule has 0 saturated carbocycles. The van der Waals surface area contributed by atoms with Crippen molar-refractivity contribution < 1.29 is 9.53 Å². The highest BCUT2D eigenvalue weighted by Gasteiger charge is 2.15. The minimum absolute atomic E-state index is 0.0782. The van der Waals surface area contributed by atoms with Gasteiger partial charge in [-0.05, 0) is 32.9 Å². The topological polar surface area (TPSA) is 26.3 Å². The molecule has 15 heavy (non-hydrogen) atoms. The molecule has 0 aromatic rings. The second-order valence-corrected chi connectivity index (χ2v) is 5.88. The van der Waals surface area contributed by atoms with Gasteiger partial charge in [-0.25, -0.2) is 0 Å². The molecular weight excluding hydrogens is 208 g/mol. The van der Waals surface area contributed by atoms with Crippen LogP contribution in [0.5, 0.6) is 0 Å². The molecular formula is C12H24O2S. The van der Waals surface area contributed by atoms with E-state index in [0.29, 0.717) is 6.42 Å². The summed E-state index contributed by atoms with van der Waals surface area (Å²) in [4.78, 5) is 11.3. The number of ether oxygens (including phenoxy) is 1. The zero-order valence-corrected chi connectivity index (χ0v) is 11.3. The average molecular weight is 232 g/mol. The van der Waals surface area contributed by atoms with E-state index in [1.165, 1.54) is 19.3 Å². The van der Waals surface area contributed by atoms with E-state index in [1.807, 2.05) is 32.5 Å². The van der Waals surface area contributed by atoms with Gasteiger partial charge in [-0.1, -0.05) is 19.8 Å². The third kappa shape index (κ3) is 11.7. The molecule has 0 aliphatic carbocycles. The minimum atomic E-state index is -0.343. The van der Waals surface area contributed by atoms with E-state index in [9.17, 15) is 4.79 Å². The van der Waals surface area contributed by atoms with Crippen LogP contribution in [0.25, 0.3) is 0 Å². The highest BCUT2D eigenvalue weighted by atomic mass is 32.2. The van der Waals surface area contributed by atoms with Crippen LogP contribution in [0.1, 0.15) is 53.4 Å². The molecule has 0 spiro atoms. The largest absolute Gasteiger partial charge is 0.460 e. The quantitative estimate of drug-likeness (QED) is 0.495. The van der Waals surface area contributed by atoms with Crippen molar-refractivity contribution in [2.45, 2.75) is 59.0 Å². The zero-order valence-electron chi connectivity index (χ0n) is 10.5. The van der Waals surface area contributed by atoms with E-state index in [2.05, 4.69) is 6.92 Å². The van der Waals surface area contributed by atoms with Gasteiger partial charge in [-0.3, -0.25) is 4.79 Å². The fourth-order valence-electron chi connectivity index (χ4n) is 1.10. The Balaban J connectivity index is 3.32. The maximum atomic E-state index is 11.3. The van der Waals surface area contributed by atoms with Crippen molar-refractivity contribution in [3.8, 4) is 0 Å². The summed E-state index contributed by atoms with van der Waals surface area (Å²) < 4.78 is 5.21. The van der Waals surface area contributed by atoms with E-state index < -0.39 is 0 Å². The Morgan fingerprint density at radius 1 is 1.20 bits per heavy atom. The maximum Gasteiger partial charge on any atom is 0.307 e. The van der Waals surface area contributed by atoms with Crippen LogP contribution in [0.2, 0.25) is 0 Å². The molecule has 0 aliphatic heterocycles. The summed E-state index contributed by atoms with van der Waals surface area (Å²) in [5.41, 5.74) is -0.343. The van der Waals surface area contributed by atoms with Crippen LogP contribution in [0.3, 0.4) is 0 Å². The molecule has 0 fully saturated rings. The van der Waals surface area contributed by atoms with Gasteiger partial charge in [-0.15, -0.1) is 0 Å². The number of esters is 1. The number of unbranched alkanes of at least 4 members (excludes halogenated alkanes) is 2. The van der Waals surface area contributed by atoms with Crippen molar-refractivity contribution in [1.82, 2.24) is 0 Å². The molecule has 0 aromatic carbocycles. The van der Waals surface area contributed by atoms with E-state index >= 15 is 0 Å². The molecule has 0 unspecified atom stereocenters. The van der Waals surface area contributed by atoms with Gasteiger partial charge in [0.2, 0.25) is 0 Å². The number of carbonyl (C=O) groups excluding carboxylic acids is 1. The van der Waals surface area contributed by atoms with Gasteiger partial charge in [0.15, 0.2) is 0 Å². The smallest absolute Gasteiger partial charge is 0.307 e. The lowest BCUT2D eigenvalue weighted by molar-refractivity contribution is -0.154. The van der Waals surface area contributed by atoms with Crippen LogP contribution in [-0.4, -0.2) is 23.1 Å². The number of carbonyl (C=O) groups is 1. The summed E-state index contributed by atoms with van der Waals surface area (Å²) in [7, 11) is 0. The average Bonchev–Trinajstić information content (AvgIpc) is 2.08. The monoisotopic (exact) mass is 232 g/mol. The van der Waals surface area contributed by atoms with Gasteiger partial charge in [0.1, 0.15) is 5.60 Å². The standard InChI is InChI=1S/C12H24O2S/c1-5-6-7-9-15-10-8-11(13)14-12(2,3)4/h5-10H2,1-4H3. The van der Waals surface area contributed by atoms with Crippen LogP contribution >= 0.6 is 11.8 Å². The normalized spacial score (nSPS) is 11.5. The molecule has 0 radical (unpaired) electrons. The van der Waals surface area contributed by atoms with Crippen molar-refractivity contribution in [3.63, 3.8) is 0 Å². The van der Waals surface area contributed by atoms with Gasteiger partial charge >= 0.3 is 5.97 Å². The molecule has 0 N–H and O–H groups in total. The fraction of sp³-hybridized carbons (Fsp3) is 0.917. The number of rotatable bonds is 7. The van der Waals surface area contributed by atoms with Crippen LogP contribution in [0, 0.1) is 0 Å². The van der Waals surface area contributed by atoms with Gasteiger partial charge in [0.05, 0.1) is 6.42 Å². The maximum absolute atomic E-state index is 11.3. The summed E-state index contributed by atoms with van der Waals surface area (Å²) in [6.07, 6.45) is 4.34. The molecule has 0 heterocycles. The Morgan fingerprint density at radius 2 is 1.87 bits per heavy atom. The third-order valence-electron chi connectivity index (χ3n) is 1.76. The lowest BCUT2D eigenvalue weighted by Gasteiger charge is -2.19. The zero-order chi connectivity index (χ0) is 11.7. The Morgan fingerprint density at radius 3 is 2.40 bits per heavy atom. The molecule has 90 valence electrons. The second kappa shape index (κ2) is 8.03. The summed E-state index contributed by atoms with van der Waals surface area (Å²) >= 11 is 1.85. The first-order chi connectivity index (χ1) is 6.95. The van der Waals surface area contributed by atoms with Crippen molar-refractivity contribution in [2.24, 2.45) is 0 Å². The molecule has 0 saturated heterocycles. The Hall–Kier alpha value is -0.180. The second-order valence-electron chi connectivity index (χ2n) is 4.66. The lowest BCUT2D eigenvalue weighted by atomic mass is 10.2. The molecule has 0 rings (SSSR count). The van der Waals surface area contributed by atoms with Gasteiger partial charge in [-0.2, -0.15) is 11.8 Å². The predicted molar refractivity (Wildman–Crippen MR) is 67.3 cm³/mol. The highest BCUT2D eigenvalue weighted by Crippen LogP contribution is 2.11. The number of thioether (sulfide) groups is 1. The molecule has 0 aromatic heterocycles.